The summed E-state index contributed by atoms with van der Waals surface area (Å²) in [4.78, 5) is 2.65. The van der Waals surface area contributed by atoms with E-state index in [1.807, 2.05) is 0 Å². The zero-order valence-electron chi connectivity index (χ0n) is 10.2. The van der Waals surface area contributed by atoms with Gasteiger partial charge >= 0.3 is 0 Å². The van der Waals surface area contributed by atoms with Crippen LogP contribution in [0.2, 0.25) is 0 Å². The third-order valence-electron chi connectivity index (χ3n) is 4.33. The van der Waals surface area contributed by atoms with Crippen molar-refractivity contribution in [1.29, 1.82) is 0 Å². The van der Waals surface area contributed by atoms with Crippen LogP contribution in [-0.4, -0.2) is 18.0 Å². The number of fused-ring (bicyclic) bond motifs is 1. The standard InChI is InChI=1S/C15H21N/c1-12-5-7-13(8-6-12)9-16-10-14-3-2-4-15(14)11-16/h5-8,14-15H,2-4,9-11H2,1H3. The first kappa shape index (κ1) is 10.3. The van der Waals surface area contributed by atoms with E-state index in [2.05, 4.69) is 36.1 Å². The summed E-state index contributed by atoms with van der Waals surface area (Å²) < 4.78 is 0. The number of nitrogens with zero attached hydrogens (tertiary/aromatic N) is 1. The fourth-order valence-corrected chi connectivity index (χ4v) is 3.41. The highest BCUT2D eigenvalue weighted by molar-refractivity contribution is 5.21. The second kappa shape index (κ2) is 4.21. The van der Waals surface area contributed by atoms with Gasteiger partial charge in [-0.15, -0.1) is 0 Å². The van der Waals surface area contributed by atoms with Crippen molar-refractivity contribution in [1.82, 2.24) is 4.90 Å². The van der Waals surface area contributed by atoms with Crippen LogP contribution in [-0.2, 0) is 6.54 Å². The molecule has 2 aliphatic rings. The molecule has 0 aromatic heterocycles. The Morgan fingerprint density at radius 3 is 2.31 bits per heavy atom. The molecule has 1 saturated carbocycles. The first-order chi connectivity index (χ1) is 7.81. The Balaban J connectivity index is 1.62. The summed E-state index contributed by atoms with van der Waals surface area (Å²) in [6.07, 6.45) is 4.44. The maximum absolute atomic E-state index is 2.65. The molecule has 2 unspecified atom stereocenters. The van der Waals surface area contributed by atoms with Crippen LogP contribution in [0.3, 0.4) is 0 Å². The molecule has 0 amide bonds. The number of aryl methyl sites for hydroxylation is 1. The lowest BCUT2D eigenvalue weighted by Crippen LogP contribution is -2.20. The highest BCUT2D eigenvalue weighted by atomic mass is 15.2. The molecule has 86 valence electrons. The molecule has 0 spiro atoms. The molecule has 1 aromatic rings. The Bertz CT molecular complexity index is 342. The highest BCUT2D eigenvalue weighted by Gasteiger charge is 2.35. The van der Waals surface area contributed by atoms with Crippen molar-refractivity contribution in [2.75, 3.05) is 13.1 Å². The Kier molecular flexibility index (Phi) is 2.72. The smallest absolute Gasteiger partial charge is 0.0233 e. The van der Waals surface area contributed by atoms with Gasteiger partial charge in [0.25, 0.3) is 0 Å². The van der Waals surface area contributed by atoms with E-state index in [-0.39, 0.29) is 0 Å². The zero-order chi connectivity index (χ0) is 11.0. The average molecular weight is 215 g/mol. The molecule has 3 rings (SSSR count). The van der Waals surface area contributed by atoms with Crippen molar-refractivity contribution in [3.05, 3.63) is 35.4 Å². The predicted molar refractivity (Wildman–Crippen MR) is 67.3 cm³/mol. The summed E-state index contributed by atoms with van der Waals surface area (Å²) in [5.74, 6) is 2.04. The van der Waals surface area contributed by atoms with Gasteiger partial charge in [0.15, 0.2) is 0 Å². The Morgan fingerprint density at radius 1 is 1.06 bits per heavy atom. The van der Waals surface area contributed by atoms with Gasteiger partial charge in [0.05, 0.1) is 0 Å². The quantitative estimate of drug-likeness (QED) is 0.732. The Hall–Kier alpha value is -0.820. The molecule has 0 radical (unpaired) electrons. The maximum atomic E-state index is 2.65. The first-order valence-corrected chi connectivity index (χ1v) is 6.59. The van der Waals surface area contributed by atoms with Crippen molar-refractivity contribution in [3.8, 4) is 0 Å². The summed E-state index contributed by atoms with van der Waals surface area (Å²) in [5.41, 5.74) is 2.84. The van der Waals surface area contributed by atoms with Crippen LogP contribution < -0.4 is 0 Å². The van der Waals surface area contributed by atoms with Crippen molar-refractivity contribution in [3.63, 3.8) is 0 Å². The van der Waals surface area contributed by atoms with Crippen LogP contribution in [0, 0.1) is 18.8 Å². The molecular formula is C15H21N. The summed E-state index contributed by atoms with van der Waals surface area (Å²) in [7, 11) is 0. The average Bonchev–Trinajstić information content (AvgIpc) is 2.81. The molecule has 1 heterocycles. The molecule has 0 bridgehead atoms. The lowest BCUT2D eigenvalue weighted by atomic mass is 10.0. The summed E-state index contributed by atoms with van der Waals surface area (Å²) in [5, 5.41) is 0. The van der Waals surface area contributed by atoms with Crippen molar-refractivity contribution >= 4 is 0 Å². The fourth-order valence-electron chi connectivity index (χ4n) is 3.41. The second-order valence-corrected chi connectivity index (χ2v) is 5.63. The first-order valence-electron chi connectivity index (χ1n) is 6.59. The molecule has 0 N–H and O–H groups in total. The molecule has 1 saturated heterocycles. The maximum Gasteiger partial charge on any atom is 0.0233 e. The topological polar surface area (TPSA) is 3.24 Å². The molecule has 16 heavy (non-hydrogen) atoms. The normalized spacial score (nSPS) is 29.6. The largest absolute Gasteiger partial charge is 0.299 e. The SMILES string of the molecule is Cc1ccc(CN2CC3CCCC3C2)cc1. The van der Waals surface area contributed by atoms with Crippen LogP contribution in [0.5, 0.6) is 0 Å². The van der Waals surface area contributed by atoms with Crippen LogP contribution in [0.15, 0.2) is 24.3 Å². The van der Waals surface area contributed by atoms with E-state index in [0.717, 1.165) is 18.4 Å². The third kappa shape index (κ3) is 2.01. The minimum absolute atomic E-state index is 1.02. The van der Waals surface area contributed by atoms with E-state index in [1.54, 1.807) is 0 Å². The number of likely N-dealkylation sites (tertiary alicyclic amines) is 1. The minimum atomic E-state index is 1.02. The number of hydrogen-bond acceptors (Lipinski definition) is 1. The monoisotopic (exact) mass is 215 g/mol. The summed E-state index contributed by atoms with van der Waals surface area (Å²) in [6.45, 7) is 6.01. The van der Waals surface area contributed by atoms with Crippen molar-refractivity contribution < 1.29 is 0 Å². The fraction of sp³-hybridized carbons (Fsp3) is 0.600. The third-order valence-corrected chi connectivity index (χ3v) is 4.33. The van der Waals surface area contributed by atoms with Gasteiger partial charge < -0.3 is 0 Å². The molecular weight excluding hydrogens is 194 g/mol. The molecule has 1 aromatic carbocycles. The van der Waals surface area contributed by atoms with Crippen LogP contribution in [0.25, 0.3) is 0 Å². The Morgan fingerprint density at radius 2 is 1.69 bits per heavy atom. The van der Waals surface area contributed by atoms with Gasteiger partial charge in [-0.3, -0.25) is 4.90 Å². The van der Waals surface area contributed by atoms with Gasteiger partial charge in [-0.05, 0) is 37.2 Å². The van der Waals surface area contributed by atoms with E-state index in [1.165, 1.54) is 43.5 Å². The number of hydrogen-bond donors (Lipinski definition) is 0. The number of rotatable bonds is 2. The molecule has 1 nitrogen and oxygen atoms in total. The van der Waals surface area contributed by atoms with Gasteiger partial charge in [-0.1, -0.05) is 36.2 Å². The van der Waals surface area contributed by atoms with Gasteiger partial charge in [0.2, 0.25) is 0 Å². The predicted octanol–water partition coefficient (Wildman–Crippen LogP) is 3.23. The second-order valence-electron chi connectivity index (χ2n) is 5.63. The summed E-state index contributed by atoms with van der Waals surface area (Å²) in [6, 6.07) is 9.02. The minimum Gasteiger partial charge on any atom is -0.299 e. The van der Waals surface area contributed by atoms with E-state index < -0.39 is 0 Å². The van der Waals surface area contributed by atoms with Gasteiger partial charge in [-0.2, -0.15) is 0 Å². The molecule has 1 aliphatic carbocycles. The molecule has 2 fully saturated rings. The van der Waals surface area contributed by atoms with Gasteiger partial charge in [0.1, 0.15) is 0 Å². The Labute approximate surface area is 98.5 Å². The van der Waals surface area contributed by atoms with E-state index in [9.17, 15) is 0 Å². The molecule has 2 atom stereocenters. The van der Waals surface area contributed by atoms with Gasteiger partial charge in [0, 0.05) is 19.6 Å². The molecule has 1 aliphatic heterocycles. The zero-order valence-corrected chi connectivity index (χ0v) is 10.2. The summed E-state index contributed by atoms with van der Waals surface area (Å²) >= 11 is 0. The van der Waals surface area contributed by atoms with Gasteiger partial charge in [-0.25, -0.2) is 0 Å². The van der Waals surface area contributed by atoms with Crippen LogP contribution in [0.4, 0.5) is 0 Å². The van der Waals surface area contributed by atoms with Crippen molar-refractivity contribution in [2.24, 2.45) is 11.8 Å². The van der Waals surface area contributed by atoms with Crippen LogP contribution in [0.1, 0.15) is 30.4 Å². The van der Waals surface area contributed by atoms with E-state index >= 15 is 0 Å². The van der Waals surface area contributed by atoms with Crippen LogP contribution >= 0.6 is 0 Å². The number of benzene rings is 1. The molecule has 1 heteroatoms. The lowest BCUT2D eigenvalue weighted by Gasteiger charge is -2.16. The highest BCUT2D eigenvalue weighted by Crippen LogP contribution is 2.38. The lowest BCUT2D eigenvalue weighted by molar-refractivity contribution is 0.303. The van der Waals surface area contributed by atoms with Crippen molar-refractivity contribution in [2.45, 2.75) is 32.7 Å². The van der Waals surface area contributed by atoms with E-state index in [4.69, 9.17) is 0 Å². The van der Waals surface area contributed by atoms with E-state index in [0.29, 0.717) is 0 Å².